The minimum absolute atomic E-state index is 0.0847. The van der Waals surface area contributed by atoms with Gasteiger partial charge in [0, 0.05) is 6.54 Å². The third-order valence-electron chi connectivity index (χ3n) is 2.83. The monoisotopic (exact) mass is 286 g/mol. The molecule has 0 aromatic heterocycles. The summed E-state index contributed by atoms with van der Waals surface area (Å²) in [5.74, 6) is -0.160. The van der Waals surface area contributed by atoms with Crippen LogP contribution in [0.1, 0.15) is 26.3 Å². The van der Waals surface area contributed by atoms with Crippen LogP contribution in [-0.2, 0) is 11.3 Å². The zero-order valence-corrected chi connectivity index (χ0v) is 11.8. The van der Waals surface area contributed by atoms with Gasteiger partial charge in [0.25, 0.3) is 0 Å². The molecule has 20 heavy (non-hydrogen) atoms. The van der Waals surface area contributed by atoms with Gasteiger partial charge < -0.3 is 15.8 Å². The molecule has 0 spiro atoms. The van der Waals surface area contributed by atoms with Crippen molar-refractivity contribution >= 4 is 5.91 Å². The average Bonchev–Trinajstić information content (AvgIpc) is 2.35. The summed E-state index contributed by atoms with van der Waals surface area (Å²) in [6.45, 7) is 3.09. The first kappa shape index (κ1) is 16.4. The molecule has 1 rings (SSSR count). The summed E-state index contributed by atoms with van der Waals surface area (Å²) >= 11 is 0. The Kier molecular flexibility index (Phi) is 5.44. The van der Waals surface area contributed by atoms with Crippen LogP contribution in [0.3, 0.4) is 0 Å². The summed E-state index contributed by atoms with van der Waals surface area (Å²) in [5.41, 5.74) is 6.28. The molecule has 4 nitrogen and oxygen atoms in total. The Bertz CT molecular complexity index is 441. The first-order valence-electron chi connectivity index (χ1n) is 6.27. The Labute approximate surface area is 117 Å². The second-order valence-electron chi connectivity index (χ2n) is 5.58. The average molecular weight is 286 g/mol. The van der Waals surface area contributed by atoms with Crippen LogP contribution in [0.15, 0.2) is 24.3 Å². The van der Waals surface area contributed by atoms with E-state index in [0.717, 1.165) is 5.56 Å². The lowest BCUT2D eigenvalue weighted by atomic mass is 9.87. The van der Waals surface area contributed by atoms with Gasteiger partial charge in [-0.05, 0) is 23.1 Å². The van der Waals surface area contributed by atoms with Gasteiger partial charge in [-0.25, -0.2) is 0 Å². The highest BCUT2D eigenvalue weighted by Gasteiger charge is 2.26. The Balaban J connectivity index is 2.52. The summed E-state index contributed by atoms with van der Waals surface area (Å²) in [5, 5.41) is 2.71. The minimum atomic E-state index is -2.84. The summed E-state index contributed by atoms with van der Waals surface area (Å²) in [6.07, 6.45) is 0. The van der Waals surface area contributed by atoms with Crippen LogP contribution in [0.4, 0.5) is 8.78 Å². The van der Waals surface area contributed by atoms with Crippen molar-refractivity contribution in [1.82, 2.24) is 5.32 Å². The number of alkyl halides is 2. The Morgan fingerprint density at radius 3 is 2.30 bits per heavy atom. The maximum absolute atomic E-state index is 12.0. The lowest BCUT2D eigenvalue weighted by Gasteiger charge is -2.25. The SMILES string of the molecule is CC(C)(C)C(N)C(=O)NCc1ccc(OC(F)F)cc1. The molecule has 0 radical (unpaired) electrons. The number of rotatable bonds is 5. The first-order valence-corrected chi connectivity index (χ1v) is 6.27. The van der Waals surface area contributed by atoms with Gasteiger partial charge in [0.1, 0.15) is 5.75 Å². The molecule has 0 heterocycles. The molecule has 1 aromatic rings. The van der Waals surface area contributed by atoms with E-state index in [4.69, 9.17) is 5.73 Å². The third kappa shape index (κ3) is 5.13. The molecule has 0 aliphatic heterocycles. The normalized spacial score (nSPS) is 13.2. The molecule has 0 saturated heterocycles. The van der Waals surface area contributed by atoms with Crippen molar-refractivity contribution in [2.24, 2.45) is 11.1 Å². The molecular weight excluding hydrogens is 266 g/mol. The molecule has 1 unspecified atom stereocenters. The fraction of sp³-hybridized carbons (Fsp3) is 0.500. The number of hydrogen-bond donors (Lipinski definition) is 2. The second kappa shape index (κ2) is 6.65. The predicted molar refractivity (Wildman–Crippen MR) is 72.4 cm³/mol. The van der Waals surface area contributed by atoms with Crippen LogP contribution >= 0.6 is 0 Å². The molecule has 1 aromatic carbocycles. The van der Waals surface area contributed by atoms with Gasteiger partial charge >= 0.3 is 6.61 Å². The van der Waals surface area contributed by atoms with Crippen LogP contribution < -0.4 is 15.8 Å². The van der Waals surface area contributed by atoms with Crippen molar-refractivity contribution in [3.8, 4) is 5.75 Å². The highest BCUT2D eigenvalue weighted by molar-refractivity contribution is 5.82. The van der Waals surface area contributed by atoms with Gasteiger partial charge in [0.2, 0.25) is 5.91 Å². The number of carbonyl (C=O) groups is 1. The minimum Gasteiger partial charge on any atom is -0.435 e. The van der Waals surface area contributed by atoms with Gasteiger partial charge in [0.15, 0.2) is 0 Å². The predicted octanol–water partition coefficient (Wildman–Crippen LogP) is 2.28. The van der Waals surface area contributed by atoms with E-state index < -0.39 is 12.7 Å². The van der Waals surface area contributed by atoms with E-state index in [1.165, 1.54) is 12.1 Å². The quantitative estimate of drug-likeness (QED) is 0.872. The first-order chi connectivity index (χ1) is 9.20. The number of ether oxygens (including phenoxy) is 1. The Hall–Kier alpha value is -1.69. The lowest BCUT2D eigenvalue weighted by Crippen LogP contribution is -2.48. The van der Waals surface area contributed by atoms with Crippen molar-refractivity contribution in [2.45, 2.75) is 40.0 Å². The van der Waals surface area contributed by atoms with Crippen molar-refractivity contribution in [2.75, 3.05) is 0 Å². The van der Waals surface area contributed by atoms with Crippen LogP contribution in [0.5, 0.6) is 5.75 Å². The van der Waals surface area contributed by atoms with Crippen LogP contribution in [0, 0.1) is 5.41 Å². The molecule has 0 aliphatic rings. The smallest absolute Gasteiger partial charge is 0.387 e. The molecule has 1 amide bonds. The van der Waals surface area contributed by atoms with Crippen molar-refractivity contribution < 1.29 is 18.3 Å². The molecule has 0 bridgehead atoms. The summed E-state index contributed by atoms with van der Waals surface area (Å²) in [6, 6.07) is 5.47. The van der Waals surface area contributed by atoms with Gasteiger partial charge in [-0.3, -0.25) is 4.79 Å². The molecule has 6 heteroatoms. The number of amides is 1. The summed E-state index contributed by atoms with van der Waals surface area (Å²) < 4.78 is 28.2. The zero-order valence-electron chi connectivity index (χ0n) is 11.8. The van der Waals surface area contributed by atoms with Gasteiger partial charge in [0.05, 0.1) is 6.04 Å². The maximum atomic E-state index is 12.0. The molecular formula is C14H20F2N2O2. The summed E-state index contributed by atoms with van der Waals surface area (Å²) in [4.78, 5) is 11.8. The molecule has 0 aliphatic carbocycles. The fourth-order valence-electron chi connectivity index (χ4n) is 1.48. The van der Waals surface area contributed by atoms with Crippen LogP contribution in [0.25, 0.3) is 0 Å². The van der Waals surface area contributed by atoms with Crippen LogP contribution in [0.2, 0.25) is 0 Å². The van der Waals surface area contributed by atoms with Gasteiger partial charge in [-0.15, -0.1) is 0 Å². The Morgan fingerprint density at radius 2 is 1.85 bits per heavy atom. The van der Waals surface area contributed by atoms with E-state index in [2.05, 4.69) is 10.1 Å². The van der Waals surface area contributed by atoms with E-state index in [1.54, 1.807) is 12.1 Å². The standard InChI is InChI=1S/C14H20F2N2O2/c1-14(2,3)11(17)12(19)18-8-9-4-6-10(7-5-9)20-13(15)16/h4-7,11,13H,8,17H2,1-3H3,(H,18,19). The third-order valence-corrected chi connectivity index (χ3v) is 2.83. The van der Waals surface area contributed by atoms with E-state index >= 15 is 0 Å². The molecule has 0 saturated carbocycles. The Morgan fingerprint density at radius 1 is 1.30 bits per heavy atom. The molecule has 3 N–H and O–H groups in total. The lowest BCUT2D eigenvalue weighted by molar-refractivity contribution is -0.124. The molecule has 1 atom stereocenters. The number of halogens is 2. The van der Waals surface area contributed by atoms with E-state index in [1.807, 2.05) is 20.8 Å². The van der Waals surface area contributed by atoms with Crippen molar-refractivity contribution in [3.05, 3.63) is 29.8 Å². The highest BCUT2D eigenvalue weighted by atomic mass is 19.3. The van der Waals surface area contributed by atoms with E-state index in [-0.39, 0.29) is 23.6 Å². The molecule has 112 valence electrons. The number of nitrogens with two attached hydrogens (primary N) is 1. The van der Waals surface area contributed by atoms with Crippen molar-refractivity contribution in [1.29, 1.82) is 0 Å². The zero-order chi connectivity index (χ0) is 15.3. The summed E-state index contributed by atoms with van der Waals surface area (Å²) in [7, 11) is 0. The maximum Gasteiger partial charge on any atom is 0.387 e. The van der Waals surface area contributed by atoms with E-state index in [0.29, 0.717) is 0 Å². The van der Waals surface area contributed by atoms with Crippen molar-refractivity contribution in [3.63, 3.8) is 0 Å². The second-order valence-corrected chi connectivity index (χ2v) is 5.58. The van der Waals surface area contributed by atoms with Crippen LogP contribution in [-0.4, -0.2) is 18.6 Å². The van der Waals surface area contributed by atoms with E-state index in [9.17, 15) is 13.6 Å². The van der Waals surface area contributed by atoms with Gasteiger partial charge in [-0.2, -0.15) is 8.78 Å². The molecule has 0 fully saturated rings. The largest absolute Gasteiger partial charge is 0.435 e. The number of benzene rings is 1. The topological polar surface area (TPSA) is 64.4 Å². The van der Waals surface area contributed by atoms with Gasteiger partial charge in [-0.1, -0.05) is 32.9 Å². The number of nitrogens with one attached hydrogen (secondary N) is 1. The number of carbonyl (C=O) groups excluding carboxylic acids is 1. The highest BCUT2D eigenvalue weighted by Crippen LogP contribution is 2.18. The fourth-order valence-corrected chi connectivity index (χ4v) is 1.48. The number of hydrogen-bond acceptors (Lipinski definition) is 3.